The van der Waals surface area contributed by atoms with Gasteiger partial charge in [-0.25, -0.2) is 15.0 Å². The molecule has 0 spiro atoms. The lowest BCUT2D eigenvalue weighted by Gasteiger charge is -2.13. The Morgan fingerprint density at radius 1 is 1.17 bits per heavy atom. The molecule has 0 aliphatic rings. The lowest BCUT2D eigenvalue weighted by molar-refractivity contribution is 0.732. The number of rotatable bonds is 4. The highest BCUT2D eigenvalue weighted by Gasteiger charge is 2.19. The first-order valence-corrected chi connectivity index (χ1v) is 8.51. The van der Waals surface area contributed by atoms with Crippen LogP contribution in [-0.2, 0) is 6.54 Å². The maximum Gasteiger partial charge on any atom is 0.145 e. The van der Waals surface area contributed by atoms with Crippen molar-refractivity contribution in [3.8, 4) is 0 Å². The third-order valence-electron chi connectivity index (χ3n) is 4.05. The zero-order valence-electron chi connectivity index (χ0n) is 14.4. The SMILES string of the molecule is CC(C)c1nc(C(C)C)c2c(Cl)cn(Cc3cccnc3N)c2n1. The van der Waals surface area contributed by atoms with Gasteiger partial charge in [0.1, 0.15) is 17.3 Å². The van der Waals surface area contributed by atoms with Crippen LogP contribution in [0.1, 0.15) is 56.6 Å². The first kappa shape index (κ1) is 16.7. The third-order valence-corrected chi connectivity index (χ3v) is 4.33. The lowest BCUT2D eigenvalue weighted by Crippen LogP contribution is -2.08. The molecule has 0 amide bonds. The van der Waals surface area contributed by atoms with Crippen molar-refractivity contribution in [1.82, 2.24) is 19.5 Å². The van der Waals surface area contributed by atoms with Crippen molar-refractivity contribution >= 4 is 28.5 Å². The second-order valence-electron chi connectivity index (χ2n) is 6.63. The summed E-state index contributed by atoms with van der Waals surface area (Å²) in [6.07, 6.45) is 3.60. The first-order valence-electron chi connectivity index (χ1n) is 8.14. The molecule has 0 saturated carbocycles. The number of aromatic nitrogens is 4. The van der Waals surface area contributed by atoms with Crippen LogP contribution in [0, 0.1) is 0 Å². The molecule has 2 N–H and O–H groups in total. The van der Waals surface area contributed by atoms with E-state index in [1.807, 2.05) is 22.9 Å². The van der Waals surface area contributed by atoms with Crippen LogP contribution in [-0.4, -0.2) is 19.5 Å². The van der Waals surface area contributed by atoms with E-state index >= 15 is 0 Å². The number of nitrogen functional groups attached to an aromatic ring is 1. The molecule has 0 atom stereocenters. The van der Waals surface area contributed by atoms with Gasteiger partial charge in [-0.3, -0.25) is 0 Å². The van der Waals surface area contributed by atoms with E-state index in [1.165, 1.54) is 0 Å². The summed E-state index contributed by atoms with van der Waals surface area (Å²) in [5.41, 5.74) is 8.78. The molecule has 0 radical (unpaired) electrons. The second-order valence-corrected chi connectivity index (χ2v) is 7.03. The molecule has 126 valence electrons. The molecule has 3 aromatic heterocycles. The van der Waals surface area contributed by atoms with Crippen LogP contribution < -0.4 is 5.73 Å². The molecule has 3 aromatic rings. The molecule has 5 nitrogen and oxygen atoms in total. The highest BCUT2D eigenvalue weighted by Crippen LogP contribution is 2.32. The highest BCUT2D eigenvalue weighted by atomic mass is 35.5. The molecular formula is C18H22ClN5. The number of anilines is 1. The zero-order valence-corrected chi connectivity index (χ0v) is 15.2. The first-order chi connectivity index (χ1) is 11.4. The summed E-state index contributed by atoms with van der Waals surface area (Å²) in [6.45, 7) is 9.02. The van der Waals surface area contributed by atoms with Crippen molar-refractivity contribution < 1.29 is 0 Å². The Balaban J connectivity index is 2.21. The van der Waals surface area contributed by atoms with E-state index in [2.05, 4.69) is 32.7 Å². The van der Waals surface area contributed by atoms with Gasteiger partial charge in [-0.15, -0.1) is 0 Å². The third kappa shape index (κ3) is 2.96. The van der Waals surface area contributed by atoms with Crippen molar-refractivity contribution in [3.05, 3.63) is 46.6 Å². The lowest BCUT2D eigenvalue weighted by atomic mass is 10.1. The van der Waals surface area contributed by atoms with Crippen LogP contribution in [0.15, 0.2) is 24.5 Å². The molecule has 0 aliphatic carbocycles. The van der Waals surface area contributed by atoms with Gasteiger partial charge in [-0.1, -0.05) is 45.4 Å². The average Bonchev–Trinajstić information content (AvgIpc) is 2.85. The molecule has 3 heterocycles. The fourth-order valence-corrected chi connectivity index (χ4v) is 3.05. The largest absolute Gasteiger partial charge is 0.383 e. The molecular weight excluding hydrogens is 322 g/mol. The Bertz CT molecular complexity index is 882. The summed E-state index contributed by atoms with van der Waals surface area (Å²) < 4.78 is 2.03. The molecule has 3 rings (SSSR count). The molecule has 24 heavy (non-hydrogen) atoms. The molecule has 6 heteroatoms. The maximum atomic E-state index is 6.52. The number of hydrogen-bond acceptors (Lipinski definition) is 4. The van der Waals surface area contributed by atoms with E-state index in [0.717, 1.165) is 28.1 Å². The predicted molar refractivity (Wildman–Crippen MR) is 98.5 cm³/mol. The molecule has 0 fully saturated rings. The van der Waals surface area contributed by atoms with Crippen LogP contribution in [0.25, 0.3) is 11.0 Å². The monoisotopic (exact) mass is 343 g/mol. The number of pyridine rings is 1. The summed E-state index contributed by atoms with van der Waals surface area (Å²) in [7, 11) is 0. The van der Waals surface area contributed by atoms with Crippen molar-refractivity contribution in [2.75, 3.05) is 5.73 Å². The highest BCUT2D eigenvalue weighted by molar-refractivity contribution is 6.35. The number of fused-ring (bicyclic) bond motifs is 1. The average molecular weight is 344 g/mol. The minimum Gasteiger partial charge on any atom is -0.383 e. The molecule has 0 bridgehead atoms. The molecule has 0 unspecified atom stereocenters. The Hall–Kier alpha value is -2.14. The summed E-state index contributed by atoms with van der Waals surface area (Å²) in [6, 6.07) is 3.85. The van der Waals surface area contributed by atoms with E-state index in [4.69, 9.17) is 27.3 Å². The normalized spacial score (nSPS) is 11.8. The summed E-state index contributed by atoms with van der Waals surface area (Å²) in [4.78, 5) is 13.7. The number of halogens is 1. The van der Waals surface area contributed by atoms with Gasteiger partial charge in [-0.2, -0.15) is 0 Å². The Morgan fingerprint density at radius 3 is 2.54 bits per heavy atom. The molecule has 0 aliphatic heterocycles. The van der Waals surface area contributed by atoms with Crippen LogP contribution in [0.2, 0.25) is 5.02 Å². The van der Waals surface area contributed by atoms with E-state index in [-0.39, 0.29) is 11.8 Å². The van der Waals surface area contributed by atoms with Gasteiger partial charge < -0.3 is 10.3 Å². The quantitative estimate of drug-likeness (QED) is 0.764. The Labute approximate surface area is 146 Å². The van der Waals surface area contributed by atoms with Crippen molar-refractivity contribution in [2.45, 2.75) is 46.1 Å². The van der Waals surface area contributed by atoms with Gasteiger partial charge in [0.2, 0.25) is 0 Å². The minimum absolute atomic E-state index is 0.248. The van der Waals surface area contributed by atoms with Crippen molar-refractivity contribution in [3.63, 3.8) is 0 Å². The maximum absolute atomic E-state index is 6.52. The van der Waals surface area contributed by atoms with Crippen molar-refractivity contribution in [1.29, 1.82) is 0 Å². The zero-order chi connectivity index (χ0) is 17.4. The minimum atomic E-state index is 0.248. The van der Waals surface area contributed by atoms with E-state index in [9.17, 15) is 0 Å². The summed E-state index contributed by atoms with van der Waals surface area (Å²) in [5.74, 6) is 1.88. The summed E-state index contributed by atoms with van der Waals surface area (Å²) >= 11 is 6.52. The van der Waals surface area contributed by atoms with Crippen molar-refractivity contribution in [2.24, 2.45) is 0 Å². The second kappa shape index (κ2) is 6.40. The van der Waals surface area contributed by atoms with Crippen LogP contribution in [0.4, 0.5) is 5.82 Å². The predicted octanol–water partition coefficient (Wildman–Crippen LogP) is 4.36. The van der Waals surface area contributed by atoms with Gasteiger partial charge in [0.15, 0.2) is 0 Å². The topological polar surface area (TPSA) is 69.6 Å². The van der Waals surface area contributed by atoms with Crippen LogP contribution in [0.3, 0.4) is 0 Å². The van der Waals surface area contributed by atoms with Gasteiger partial charge in [-0.05, 0) is 12.0 Å². The van der Waals surface area contributed by atoms with E-state index in [0.29, 0.717) is 17.4 Å². The Morgan fingerprint density at radius 2 is 1.92 bits per heavy atom. The molecule has 0 aromatic carbocycles. The number of nitrogens with two attached hydrogens (primary N) is 1. The smallest absolute Gasteiger partial charge is 0.145 e. The van der Waals surface area contributed by atoms with Crippen LogP contribution in [0.5, 0.6) is 0 Å². The van der Waals surface area contributed by atoms with Crippen LogP contribution >= 0.6 is 11.6 Å². The number of hydrogen-bond donors (Lipinski definition) is 1. The Kier molecular flexibility index (Phi) is 4.45. The standard InChI is InChI=1S/C18H22ClN5/c1-10(2)15-14-13(19)9-24(8-12-6-5-7-21-16(12)20)18(14)23-17(22-15)11(3)4/h5-7,9-11H,8H2,1-4H3,(H2,20,21). The van der Waals surface area contributed by atoms with E-state index < -0.39 is 0 Å². The van der Waals surface area contributed by atoms with Gasteiger partial charge in [0.25, 0.3) is 0 Å². The number of nitrogens with zero attached hydrogens (tertiary/aromatic N) is 4. The van der Waals surface area contributed by atoms with Gasteiger partial charge in [0, 0.05) is 23.9 Å². The van der Waals surface area contributed by atoms with Gasteiger partial charge in [0.05, 0.1) is 22.6 Å². The fraction of sp³-hybridized carbons (Fsp3) is 0.389. The molecule has 0 saturated heterocycles. The summed E-state index contributed by atoms with van der Waals surface area (Å²) in [5, 5.41) is 1.60. The fourth-order valence-electron chi connectivity index (χ4n) is 2.75. The van der Waals surface area contributed by atoms with Gasteiger partial charge >= 0.3 is 0 Å². The van der Waals surface area contributed by atoms with E-state index in [1.54, 1.807) is 6.20 Å².